The summed E-state index contributed by atoms with van der Waals surface area (Å²) in [7, 11) is 0. The van der Waals surface area contributed by atoms with Gasteiger partial charge in [-0.1, -0.05) is 11.3 Å². The molecule has 2 aliphatic carbocycles. The predicted molar refractivity (Wildman–Crippen MR) is 126 cm³/mol. The molecular weight excluding hydrogens is 494 g/mol. The van der Waals surface area contributed by atoms with E-state index in [1.807, 2.05) is 13.8 Å². The van der Waals surface area contributed by atoms with E-state index in [2.05, 4.69) is 25.6 Å². The lowest BCUT2D eigenvalue weighted by Crippen LogP contribution is -2.31. The fourth-order valence-electron chi connectivity index (χ4n) is 5.34. The summed E-state index contributed by atoms with van der Waals surface area (Å²) in [5.41, 5.74) is 1.73. The molecule has 1 saturated heterocycles. The van der Waals surface area contributed by atoms with Crippen molar-refractivity contribution in [3.05, 3.63) is 40.2 Å². The molecule has 3 aliphatic rings. The van der Waals surface area contributed by atoms with Crippen molar-refractivity contribution >= 4 is 29.2 Å². The number of fused-ring (bicyclic) bond motifs is 2. The normalized spacial score (nSPS) is 30.6. The summed E-state index contributed by atoms with van der Waals surface area (Å²) < 4.78 is 47.1. The van der Waals surface area contributed by atoms with Gasteiger partial charge in [-0.05, 0) is 50.2 Å². The van der Waals surface area contributed by atoms with Crippen LogP contribution in [0.5, 0.6) is 0 Å². The molecule has 0 amide bonds. The predicted octanol–water partition coefficient (Wildman–Crippen LogP) is 2.97. The van der Waals surface area contributed by atoms with Crippen molar-refractivity contribution in [3.63, 3.8) is 0 Å². The zero-order chi connectivity index (χ0) is 25.2. The number of aromatic nitrogens is 5. The van der Waals surface area contributed by atoms with E-state index in [4.69, 9.17) is 26.4 Å². The van der Waals surface area contributed by atoms with Gasteiger partial charge in [0.15, 0.2) is 28.6 Å². The van der Waals surface area contributed by atoms with Crippen molar-refractivity contribution in [2.24, 2.45) is 0 Å². The third-order valence-corrected chi connectivity index (χ3v) is 7.15. The van der Waals surface area contributed by atoms with Gasteiger partial charge in [0.1, 0.15) is 18.0 Å². The first-order valence-electron chi connectivity index (χ1n) is 11.9. The summed E-state index contributed by atoms with van der Waals surface area (Å²) in [6, 6.07) is 3.71. The van der Waals surface area contributed by atoms with E-state index < -0.39 is 17.4 Å². The number of nitrogens with one attached hydrogen (secondary N) is 2. The Hall–Kier alpha value is -2.58. The maximum atomic E-state index is 13.7. The van der Waals surface area contributed by atoms with E-state index >= 15 is 0 Å². The average Bonchev–Trinajstić information content (AvgIpc) is 3.16. The Bertz CT molecular complexity index is 1370. The number of rotatable bonds is 7. The maximum absolute atomic E-state index is 13.7. The largest absolute Gasteiger partial charge is 0.394 e. The number of anilines is 1. The molecule has 2 saturated carbocycles. The molecule has 3 fully saturated rings. The number of aromatic amines is 1. The van der Waals surface area contributed by atoms with Crippen LogP contribution in [0.25, 0.3) is 11.2 Å². The Morgan fingerprint density at radius 3 is 2.83 bits per heavy atom. The molecule has 2 aromatic heterocycles. The highest BCUT2D eigenvalue weighted by Crippen LogP contribution is 2.46. The zero-order valence-electron chi connectivity index (χ0n) is 19.6. The molecule has 13 heteroatoms. The van der Waals surface area contributed by atoms with Gasteiger partial charge in [-0.15, -0.1) is 5.10 Å². The van der Waals surface area contributed by atoms with Crippen molar-refractivity contribution in [1.29, 1.82) is 0 Å². The molecule has 6 rings (SSSR count). The number of benzene rings is 1. The van der Waals surface area contributed by atoms with Crippen LogP contribution in [0.1, 0.15) is 44.2 Å². The topological polar surface area (TPSA) is 119 Å². The van der Waals surface area contributed by atoms with Gasteiger partial charge < -0.3 is 29.6 Å². The molecule has 0 bridgehead atoms. The van der Waals surface area contributed by atoms with Crippen LogP contribution in [0.3, 0.4) is 0 Å². The molecule has 192 valence electrons. The lowest BCUT2D eigenvalue weighted by atomic mass is 10.1. The number of halogens is 2. The highest BCUT2D eigenvalue weighted by Gasteiger charge is 2.56. The summed E-state index contributed by atoms with van der Waals surface area (Å²) in [6.07, 6.45) is 0.341. The highest BCUT2D eigenvalue weighted by molar-refractivity contribution is 7.71. The molecule has 6 atom stereocenters. The summed E-state index contributed by atoms with van der Waals surface area (Å²) in [5.74, 6) is -1.91. The monoisotopic (exact) mass is 520 g/mol. The molecular formula is C23H26F2N6O4S. The number of hydrogen-bond acceptors (Lipinski definition) is 9. The first-order valence-corrected chi connectivity index (χ1v) is 12.3. The van der Waals surface area contributed by atoms with Gasteiger partial charge >= 0.3 is 0 Å². The number of aliphatic hydroxyl groups is 1. The lowest BCUT2D eigenvalue weighted by molar-refractivity contribution is -0.171. The third kappa shape index (κ3) is 4.18. The second-order valence-electron chi connectivity index (χ2n) is 9.89. The standard InChI is InChI=1S/C23H26F2N6O4S/c1-23(2)34-18-15(9-16(19(18)35-23)33-6-5-32)31-21-17(29-30-31)20(27-22(36)28-21)26-14-8-11(14)10-3-4-12(24)13(25)7-10/h3-4,7,11,14-16,18-19,32H,5-6,8-9H2,1-2H3,(H2,26,27,28,36). The van der Waals surface area contributed by atoms with Gasteiger partial charge in [0, 0.05) is 18.4 Å². The number of ether oxygens (including phenoxy) is 3. The second-order valence-corrected chi connectivity index (χ2v) is 10.3. The van der Waals surface area contributed by atoms with Crippen LogP contribution >= 0.6 is 12.2 Å². The maximum Gasteiger partial charge on any atom is 0.200 e. The van der Waals surface area contributed by atoms with Crippen LogP contribution < -0.4 is 5.32 Å². The molecule has 3 heterocycles. The lowest BCUT2D eigenvalue weighted by Gasteiger charge is -2.23. The Morgan fingerprint density at radius 1 is 1.25 bits per heavy atom. The van der Waals surface area contributed by atoms with E-state index in [0.29, 0.717) is 23.4 Å². The molecule has 6 unspecified atom stereocenters. The molecule has 3 N–H and O–H groups in total. The van der Waals surface area contributed by atoms with Crippen LogP contribution in [-0.2, 0) is 14.2 Å². The molecule has 1 aromatic carbocycles. The molecule has 10 nitrogen and oxygen atoms in total. The molecule has 0 spiro atoms. The van der Waals surface area contributed by atoms with Crippen molar-refractivity contribution in [2.45, 2.75) is 68.8 Å². The van der Waals surface area contributed by atoms with Gasteiger partial charge in [-0.3, -0.25) is 0 Å². The van der Waals surface area contributed by atoms with E-state index in [0.717, 1.165) is 18.1 Å². The minimum Gasteiger partial charge on any atom is -0.394 e. The van der Waals surface area contributed by atoms with E-state index in [9.17, 15) is 13.9 Å². The zero-order valence-corrected chi connectivity index (χ0v) is 20.5. The summed E-state index contributed by atoms with van der Waals surface area (Å²) in [6.45, 7) is 3.80. The number of H-pyrrole nitrogens is 1. The second kappa shape index (κ2) is 8.77. The molecule has 36 heavy (non-hydrogen) atoms. The van der Waals surface area contributed by atoms with Gasteiger partial charge in [-0.2, -0.15) is 4.98 Å². The highest BCUT2D eigenvalue weighted by atomic mass is 32.1. The molecule has 3 aromatic rings. The smallest absolute Gasteiger partial charge is 0.200 e. The van der Waals surface area contributed by atoms with E-state index in [1.165, 1.54) is 6.07 Å². The fourth-order valence-corrected chi connectivity index (χ4v) is 5.53. The fraction of sp³-hybridized carbons (Fsp3) is 0.565. The van der Waals surface area contributed by atoms with Crippen LogP contribution in [0.2, 0.25) is 0 Å². The van der Waals surface area contributed by atoms with E-state index in [-0.39, 0.29) is 54.3 Å². The van der Waals surface area contributed by atoms with Crippen LogP contribution in [-0.4, -0.2) is 73.4 Å². The SMILES string of the molecule is CC1(C)OC2C(OCCO)CC(n3nnc4c(NC5CC5c5ccc(F)c(F)c5)[nH]c(=S)nc43)C2O1. The number of aliphatic hydroxyl groups excluding tert-OH is 1. The first-order chi connectivity index (χ1) is 17.2. The molecule has 0 radical (unpaired) electrons. The van der Waals surface area contributed by atoms with E-state index in [1.54, 1.807) is 10.7 Å². The average molecular weight is 521 g/mol. The van der Waals surface area contributed by atoms with Crippen molar-refractivity contribution in [2.75, 3.05) is 18.5 Å². The van der Waals surface area contributed by atoms with Crippen molar-refractivity contribution < 1.29 is 28.1 Å². The first kappa shape index (κ1) is 23.8. The van der Waals surface area contributed by atoms with Gasteiger partial charge in [-0.25, -0.2) is 13.5 Å². The molecule has 1 aliphatic heterocycles. The van der Waals surface area contributed by atoms with Gasteiger partial charge in [0.25, 0.3) is 0 Å². The summed E-state index contributed by atoms with van der Waals surface area (Å²) in [5, 5.41) is 21.4. The van der Waals surface area contributed by atoms with Crippen molar-refractivity contribution in [1.82, 2.24) is 25.0 Å². The minimum absolute atomic E-state index is 0.00394. The van der Waals surface area contributed by atoms with Crippen LogP contribution in [0.15, 0.2) is 18.2 Å². The van der Waals surface area contributed by atoms with Crippen LogP contribution in [0, 0.1) is 16.4 Å². The van der Waals surface area contributed by atoms with Gasteiger partial charge in [0.2, 0.25) is 4.77 Å². The van der Waals surface area contributed by atoms with Crippen LogP contribution in [0.4, 0.5) is 14.6 Å². The Morgan fingerprint density at radius 2 is 2.06 bits per heavy atom. The quantitative estimate of drug-likeness (QED) is 0.404. The number of nitrogens with zero attached hydrogens (tertiary/aromatic N) is 4. The van der Waals surface area contributed by atoms with Crippen molar-refractivity contribution in [3.8, 4) is 0 Å². The number of hydrogen-bond donors (Lipinski definition) is 3. The Balaban J connectivity index is 1.28. The summed E-state index contributed by atoms with van der Waals surface area (Å²) >= 11 is 5.39. The Kier molecular flexibility index (Phi) is 5.80. The Labute approximate surface area is 210 Å². The third-order valence-electron chi connectivity index (χ3n) is 6.96. The summed E-state index contributed by atoms with van der Waals surface area (Å²) in [4.78, 5) is 7.54. The van der Waals surface area contributed by atoms with Gasteiger partial charge in [0.05, 0.1) is 25.4 Å². The minimum atomic E-state index is -0.862.